The van der Waals surface area contributed by atoms with E-state index in [1.165, 1.54) is 36.4 Å². The van der Waals surface area contributed by atoms with Gasteiger partial charge in [0.2, 0.25) is 0 Å². The Morgan fingerprint density at radius 1 is 1.50 bits per heavy atom. The van der Waals surface area contributed by atoms with Crippen LogP contribution in [0.15, 0.2) is 5.38 Å². The van der Waals surface area contributed by atoms with E-state index < -0.39 is 0 Å². The van der Waals surface area contributed by atoms with Crippen LogP contribution in [0.4, 0.5) is 0 Å². The average molecular weight is 266 g/mol. The van der Waals surface area contributed by atoms with Gasteiger partial charge in [0.15, 0.2) is 0 Å². The molecule has 1 fully saturated rings. The quantitative estimate of drug-likeness (QED) is 0.879. The summed E-state index contributed by atoms with van der Waals surface area (Å²) in [5.74, 6) is 1.23. The van der Waals surface area contributed by atoms with Crippen LogP contribution in [0.5, 0.6) is 0 Å². The van der Waals surface area contributed by atoms with Gasteiger partial charge in [-0.3, -0.25) is 0 Å². The summed E-state index contributed by atoms with van der Waals surface area (Å²) in [7, 11) is 0. The van der Waals surface area contributed by atoms with Crippen LogP contribution in [-0.4, -0.2) is 11.5 Å². The summed E-state index contributed by atoms with van der Waals surface area (Å²) < 4.78 is 0. The molecule has 0 amide bonds. The number of thiazole rings is 1. The average Bonchev–Trinajstić information content (AvgIpc) is 2.82. The Labute approximate surface area is 115 Å². The van der Waals surface area contributed by atoms with Crippen molar-refractivity contribution in [2.45, 2.75) is 64.8 Å². The normalized spacial score (nSPS) is 28.8. The molecule has 2 unspecified atom stereocenters. The van der Waals surface area contributed by atoms with Gasteiger partial charge in [-0.25, -0.2) is 4.98 Å². The zero-order valence-electron chi connectivity index (χ0n) is 12.1. The lowest BCUT2D eigenvalue weighted by Gasteiger charge is -2.42. The fourth-order valence-electron chi connectivity index (χ4n) is 3.07. The van der Waals surface area contributed by atoms with Crippen molar-refractivity contribution in [1.82, 2.24) is 10.3 Å². The SMILES string of the molecule is CCNC1(c2nc(C(C)C)cs2)CCCCC1C. The van der Waals surface area contributed by atoms with Crippen LogP contribution < -0.4 is 5.32 Å². The number of aromatic nitrogens is 1. The lowest BCUT2D eigenvalue weighted by molar-refractivity contribution is 0.156. The summed E-state index contributed by atoms with van der Waals surface area (Å²) in [6, 6.07) is 0. The first-order valence-electron chi connectivity index (χ1n) is 7.31. The molecule has 0 saturated heterocycles. The fourth-order valence-corrected chi connectivity index (χ4v) is 4.38. The highest BCUT2D eigenvalue weighted by molar-refractivity contribution is 7.09. The highest BCUT2D eigenvalue weighted by atomic mass is 32.1. The monoisotopic (exact) mass is 266 g/mol. The molecule has 1 aliphatic rings. The number of nitrogens with one attached hydrogen (secondary N) is 1. The summed E-state index contributed by atoms with van der Waals surface area (Å²) >= 11 is 1.85. The van der Waals surface area contributed by atoms with Crippen molar-refractivity contribution >= 4 is 11.3 Å². The van der Waals surface area contributed by atoms with Gasteiger partial charge in [0.1, 0.15) is 5.01 Å². The fraction of sp³-hybridized carbons (Fsp3) is 0.800. The molecule has 1 saturated carbocycles. The van der Waals surface area contributed by atoms with Crippen LogP contribution >= 0.6 is 11.3 Å². The second kappa shape index (κ2) is 5.70. The number of hydrogen-bond acceptors (Lipinski definition) is 3. The van der Waals surface area contributed by atoms with E-state index in [0.717, 1.165) is 6.54 Å². The van der Waals surface area contributed by atoms with Crippen molar-refractivity contribution in [1.29, 1.82) is 0 Å². The second-order valence-corrected chi connectivity index (χ2v) is 6.74. The van der Waals surface area contributed by atoms with Crippen LogP contribution in [0.25, 0.3) is 0 Å². The van der Waals surface area contributed by atoms with Gasteiger partial charge >= 0.3 is 0 Å². The summed E-state index contributed by atoms with van der Waals surface area (Å²) in [5, 5.41) is 7.33. The van der Waals surface area contributed by atoms with Gasteiger partial charge in [0.05, 0.1) is 11.2 Å². The lowest BCUT2D eigenvalue weighted by atomic mass is 9.74. The van der Waals surface area contributed by atoms with E-state index in [-0.39, 0.29) is 5.54 Å². The van der Waals surface area contributed by atoms with Gasteiger partial charge in [-0.05, 0) is 31.2 Å². The molecule has 1 aliphatic carbocycles. The molecule has 1 aromatic heterocycles. The third kappa shape index (κ3) is 2.48. The predicted molar refractivity (Wildman–Crippen MR) is 79.2 cm³/mol. The van der Waals surface area contributed by atoms with E-state index in [2.05, 4.69) is 38.4 Å². The van der Waals surface area contributed by atoms with Crippen LogP contribution in [0.3, 0.4) is 0 Å². The molecule has 2 rings (SSSR count). The molecular formula is C15H26N2S. The maximum Gasteiger partial charge on any atom is 0.113 e. The van der Waals surface area contributed by atoms with Crippen LogP contribution in [0, 0.1) is 5.92 Å². The summed E-state index contributed by atoms with van der Waals surface area (Å²) in [6.07, 6.45) is 5.27. The molecule has 3 heteroatoms. The first kappa shape index (κ1) is 14.0. The minimum absolute atomic E-state index is 0.144. The number of rotatable bonds is 4. The van der Waals surface area contributed by atoms with Gasteiger partial charge in [0.25, 0.3) is 0 Å². The van der Waals surface area contributed by atoms with Crippen molar-refractivity contribution in [3.63, 3.8) is 0 Å². The maximum absolute atomic E-state index is 4.93. The van der Waals surface area contributed by atoms with Crippen molar-refractivity contribution in [3.8, 4) is 0 Å². The van der Waals surface area contributed by atoms with Gasteiger partial charge in [0, 0.05) is 5.38 Å². The molecular weight excluding hydrogens is 240 g/mol. The molecule has 0 radical (unpaired) electrons. The Morgan fingerprint density at radius 2 is 2.28 bits per heavy atom. The van der Waals surface area contributed by atoms with Gasteiger partial charge in [-0.2, -0.15) is 0 Å². The molecule has 1 aromatic rings. The first-order chi connectivity index (χ1) is 8.60. The number of hydrogen-bond donors (Lipinski definition) is 1. The third-order valence-corrected chi connectivity index (χ3v) is 5.32. The van der Waals surface area contributed by atoms with Crippen molar-refractivity contribution in [2.75, 3.05) is 6.54 Å². The Balaban J connectivity index is 2.32. The molecule has 18 heavy (non-hydrogen) atoms. The first-order valence-corrected chi connectivity index (χ1v) is 8.19. The summed E-state index contributed by atoms with van der Waals surface area (Å²) in [4.78, 5) is 4.93. The van der Waals surface area contributed by atoms with Crippen molar-refractivity contribution in [3.05, 3.63) is 16.1 Å². The molecule has 1 heterocycles. The Hall–Kier alpha value is -0.410. The predicted octanol–water partition coefficient (Wildman–Crippen LogP) is 4.28. The Kier molecular flexibility index (Phi) is 4.44. The lowest BCUT2D eigenvalue weighted by Crippen LogP contribution is -2.49. The van der Waals surface area contributed by atoms with Crippen LogP contribution in [0.1, 0.15) is 70.0 Å². The van der Waals surface area contributed by atoms with E-state index in [0.29, 0.717) is 11.8 Å². The Morgan fingerprint density at radius 3 is 2.83 bits per heavy atom. The van der Waals surface area contributed by atoms with E-state index >= 15 is 0 Å². The Bertz CT molecular complexity index is 382. The zero-order valence-corrected chi connectivity index (χ0v) is 12.9. The van der Waals surface area contributed by atoms with Crippen molar-refractivity contribution < 1.29 is 0 Å². The van der Waals surface area contributed by atoms with Gasteiger partial charge in [-0.15, -0.1) is 11.3 Å². The zero-order chi connectivity index (χ0) is 13.2. The standard InChI is InChI=1S/C15H26N2S/c1-5-16-15(9-7-6-8-12(15)4)14-17-13(10-18-14)11(2)3/h10-12,16H,5-9H2,1-4H3. The van der Waals surface area contributed by atoms with Gasteiger partial charge in [-0.1, -0.05) is 40.5 Å². The summed E-state index contributed by atoms with van der Waals surface area (Å²) in [5.41, 5.74) is 1.40. The minimum atomic E-state index is 0.144. The topological polar surface area (TPSA) is 24.9 Å². The smallest absolute Gasteiger partial charge is 0.113 e. The number of nitrogens with zero attached hydrogens (tertiary/aromatic N) is 1. The van der Waals surface area contributed by atoms with E-state index in [4.69, 9.17) is 4.98 Å². The largest absolute Gasteiger partial charge is 0.305 e. The molecule has 0 aliphatic heterocycles. The molecule has 2 atom stereocenters. The van der Waals surface area contributed by atoms with E-state index in [1.807, 2.05) is 11.3 Å². The van der Waals surface area contributed by atoms with Crippen LogP contribution in [-0.2, 0) is 5.54 Å². The van der Waals surface area contributed by atoms with Crippen molar-refractivity contribution in [2.24, 2.45) is 5.92 Å². The minimum Gasteiger partial charge on any atom is -0.305 e. The highest BCUT2D eigenvalue weighted by Crippen LogP contribution is 2.43. The molecule has 0 aromatic carbocycles. The van der Waals surface area contributed by atoms with Crippen LogP contribution in [0.2, 0.25) is 0 Å². The molecule has 1 N–H and O–H groups in total. The molecule has 0 bridgehead atoms. The molecule has 0 spiro atoms. The van der Waals surface area contributed by atoms with Gasteiger partial charge < -0.3 is 5.32 Å². The van der Waals surface area contributed by atoms with E-state index in [9.17, 15) is 0 Å². The molecule has 102 valence electrons. The third-order valence-electron chi connectivity index (χ3n) is 4.29. The highest BCUT2D eigenvalue weighted by Gasteiger charge is 2.41. The maximum atomic E-state index is 4.93. The van der Waals surface area contributed by atoms with E-state index in [1.54, 1.807) is 0 Å². The summed E-state index contributed by atoms with van der Waals surface area (Å²) in [6.45, 7) is 10.1. The second-order valence-electron chi connectivity index (χ2n) is 5.88. The molecule has 2 nitrogen and oxygen atoms in total.